The third kappa shape index (κ3) is 45.5. The summed E-state index contributed by atoms with van der Waals surface area (Å²) in [6, 6.07) is 0. The van der Waals surface area contributed by atoms with Crippen LogP contribution in [0.3, 0.4) is 0 Å². The Kier molecular flexibility index (Phi) is 46.8. The second kappa shape index (κ2) is 48.1. The van der Waals surface area contributed by atoms with Crippen molar-refractivity contribution >= 4 is 17.9 Å². The van der Waals surface area contributed by atoms with Crippen LogP contribution in [0, 0.1) is 0 Å². The van der Waals surface area contributed by atoms with Gasteiger partial charge in [-0.05, 0) is 19.3 Å². The number of hydrogen-bond donors (Lipinski definition) is 0. The minimum atomic E-state index is -0.759. The molecule has 0 saturated heterocycles. The molecular formula is C52H100O6. The minimum absolute atomic E-state index is 0.0618. The molecule has 1 atom stereocenters. The molecule has 0 aliphatic carbocycles. The van der Waals surface area contributed by atoms with Crippen LogP contribution in [-0.4, -0.2) is 37.2 Å². The summed E-state index contributed by atoms with van der Waals surface area (Å²) in [5, 5.41) is 0. The van der Waals surface area contributed by atoms with Gasteiger partial charge in [0, 0.05) is 19.3 Å². The van der Waals surface area contributed by atoms with Crippen LogP contribution in [0.4, 0.5) is 0 Å². The van der Waals surface area contributed by atoms with E-state index >= 15 is 0 Å². The Balaban J connectivity index is 4.27. The molecule has 1 unspecified atom stereocenters. The number of rotatable bonds is 48. The quantitative estimate of drug-likeness (QED) is 0.0346. The molecule has 0 radical (unpaired) electrons. The van der Waals surface area contributed by atoms with Gasteiger partial charge in [0.05, 0.1) is 0 Å². The summed E-state index contributed by atoms with van der Waals surface area (Å²) in [6.45, 7) is 6.67. The van der Waals surface area contributed by atoms with Gasteiger partial charge in [0.15, 0.2) is 6.10 Å². The van der Waals surface area contributed by atoms with Crippen molar-refractivity contribution < 1.29 is 28.6 Å². The molecule has 0 aliphatic heterocycles. The summed E-state index contributed by atoms with van der Waals surface area (Å²) in [4.78, 5) is 37.9. The van der Waals surface area contributed by atoms with Crippen LogP contribution in [0.5, 0.6) is 0 Å². The topological polar surface area (TPSA) is 78.9 Å². The van der Waals surface area contributed by atoms with E-state index in [0.29, 0.717) is 19.3 Å². The largest absolute Gasteiger partial charge is 0.462 e. The molecule has 0 bridgehead atoms. The van der Waals surface area contributed by atoms with Crippen LogP contribution in [0.1, 0.15) is 297 Å². The van der Waals surface area contributed by atoms with E-state index in [-0.39, 0.29) is 31.1 Å². The maximum atomic E-state index is 12.8. The first kappa shape index (κ1) is 56.4. The zero-order chi connectivity index (χ0) is 42.3. The van der Waals surface area contributed by atoms with Gasteiger partial charge < -0.3 is 14.2 Å². The Hall–Kier alpha value is -1.59. The molecule has 6 nitrogen and oxygen atoms in total. The molecule has 0 fully saturated rings. The number of hydrogen-bond acceptors (Lipinski definition) is 6. The zero-order valence-electron chi connectivity index (χ0n) is 39.3. The molecule has 0 saturated carbocycles. The lowest BCUT2D eigenvalue weighted by molar-refractivity contribution is -0.167. The lowest BCUT2D eigenvalue weighted by atomic mass is 10.0. The van der Waals surface area contributed by atoms with Gasteiger partial charge in [0.2, 0.25) is 0 Å². The molecular weight excluding hydrogens is 721 g/mol. The van der Waals surface area contributed by atoms with E-state index in [1.807, 2.05) is 0 Å². The maximum Gasteiger partial charge on any atom is 0.306 e. The van der Waals surface area contributed by atoms with Crippen molar-refractivity contribution in [3.8, 4) is 0 Å². The molecule has 0 aliphatic rings. The molecule has 344 valence electrons. The predicted octanol–water partition coefficient (Wildman–Crippen LogP) is 16.8. The fraction of sp³-hybridized carbons (Fsp3) is 0.942. The number of unbranched alkanes of at least 4 members (excludes halogenated alkanes) is 37. The lowest BCUT2D eigenvalue weighted by Crippen LogP contribution is -2.30. The van der Waals surface area contributed by atoms with Crippen molar-refractivity contribution in [1.82, 2.24) is 0 Å². The molecule has 0 N–H and O–H groups in total. The highest BCUT2D eigenvalue weighted by Gasteiger charge is 2.19. The van der Waals surface area contributed by atoms with Crippen molar-refractivity contribution in [3.05, 3.63) is 0 Å². The smallest absolute Gasteiger partial charge is 0.306 e. The average Bonchev–Trinajstić information content (AvgIpc) is 3.22. The second-order valence-electron chi connectivity index (χ2n) is 17.8. The summed E-state index contributed by atoms with van der Waals surface area (Å²) in [7, 11) is 0. The number of esters is 3. The number of carbonyl (C=O) groups excluding carboxylic acids is 3. The summed E-state index contributed by atoms with van der Waals surface area (Å²) >= 11 is 0. The Labute approximate surface area is 361 Å². The highest BCUT2D eigenvalue weighted by atomic mass is 16.6. The monoisotopic (exact) mass is 821 g/mol. The normalized spacial score (nSPS) is 11.8. The summed E-state index contributed by atoms with van der Waals surface area (Å²) in [5.74, 6) is -0.842. The zero-order valence-corrected chi connectivity index (χ0v) is 39.3. The van der Waals surface area contributed by atoms with Crippen molar-refractivity contribution in [2.45, 2.75) is 303 Å². The van der Waals surface area contributed by atoms with E-state index in [2.05, 4.69) is 20.8 Å². The SMILES string of the molecule is CCCCCCCCCCCCCCCCCCC(=O)OCC(COC(=O)CCCCCCCCCCCC)OC(=O)CCCCCCCCCCCCCCCC. The fourth-order valence-corrected chi connectivity index (χ4v) is 7.92. The van der Waals surface area contributed by atoms with Crippen molar-refractivity contribution in [2.24, 2.45) is 0 Å². The van der Waals surface area contributed by atoms with Gasteiger partial charge in [0.1, 0.15) is 13.2 Å². The molecule has 58 heavy (non-hydrogen) atoms. The highest BCUT2D eigenvalue weighted by molar-refractivity contribution is 5.71. The van der Waals surface area contributed by atoms with Crippen molar-refractivity contribution in [3.63, 3.8) is 0 Å². The van der Waals surface area contributed by atoms with Crippen LogP contribution in [0.15, 0.2) is 0 Å². The van der Waals surface area contributed by atoms with Crippen LogP contribution >= 0.6 is 0 Å². The van der Waals surface area contributed by atoms with E-state index in [4.69, 9.17) is 14.2 Å². The highest BCUT2D eigenvalue weighted by Crippen LogP contribution is 2.17. The van der Waals surface area contributed by atoms with E-state index in [9.17, 15) is 14.4 Å². The second-order valence-corrected chi connectivity index (χ2v) is 17.8. The fourth-order valence-electron chi connectivity index (χ4n) is 7.92. The average molecular weight is 821 g/mol. The van der Waals surface area contributed by atoms with Crippen molar-refractivity contribution in [2.75, 3.05) is 13.2 Å². The molecule has 6 heteroatoms. The van der Waals surface area contributed by atoms with Gasteiger partial charge in [-0.2, -0.15) is 0 Å². The van der Waals surface area contributed by atoms with E-state index in [1.54, 1.807) is 0 Å². The summed E-state index contributed by atoms with van der Waals surface area (Å²) in [5.41, 5.74) is 0. The van der Waals surface area contributed by atoms with Gasteiger partial charge in [0.25, 0.3) is 0 Å². The van der Waals surface area contributed by atoms with Gasteiger partial charge >= 0.3 is 17.9 Å². The molecule has 0 rings (SSSR count). The first-order valence-electron chi connectivity index (χ1n) is 26.0. The third-order valence-corrected chi connectivity index (χ3v) is 11.9. The standard InChI is InChI=1S/C52H100O6/c1-4-7-10-13-16-19-22-24-26-27-29-30-33-36-39-42-45-51(54)57-48-49(47-56-50(53)44-41-38-35-32-21-18-15-12-9-6-3)58-52(55)46-43-40-37-34-31-28-25-23-20-17-14-11-8-5-2/h49H,4-48H2,1-3H3. The molecule has 0 spiro atoms. The molecule has 0 aromatic heterocycles. The van der Waals surface area contributed by atoms with E-state index in [1.165, 1.54) is 199 Å². The Morgan fingerprint density at radius 3 is 0.690 bits per heavy atom. The minimum Gasteiger partial charge on any atom is -0.462 e. The Bertz CT molecular complexity index is 859. The molecule has 0 heterocycles. The van der Waals surface area contributed by atoms with Crippen LogP contribution < -0.4 is 0 Å². The van der Waals surface area contributed by atoms with Crippen LogP contribution in [0.2, 0.25) is 0 Å². The van der Waals surface area contributed by atoms with Crippen LogP contribution in [0.25, 0.3) is 0 Å². The van der Waals surface area contributed by atoms with Gasteiger partial charge in [-0.25, -0.2) is 0 Å². The summed E-state index contributed by atoms with van der Waals surface area (Å²) < 4.78 is 16.8. The summed E-state index contributed by atoms with van der Waals surface area (Å²) in [6.07, 6.45) is 50.8. The predicted molar refractivity (Wildman–Crippen MR) is 247 cm³/mol. The number of carbonyl (C=O) groups is 3. The molecule has 0 aromatic carbocycles. The van der Waals surface area contributed by atoms with Gasteiger partial charge in [-0.15, -0.1) is 0 Å². The van der Waals surface area contributed by atoms with Crippen molar-refractivity contribution in [1.29, 1.82) is 0 Å². The van der Waals surface area contributed by atoms with E-state index < -0.39 is 6.10 Å². The Morgan fingerprint density at radius 1 is 0.276 bits per heavy atom. The first-order valence-corrected chi connectivity index (χ1v) is 26.0. The van der Waals surface area contributed by atoms with Gasteiger partial charge in [-0.3, -0.25) is 14.4 Å². The van der Waals surface area contributed by atoms with Gasteiger partial charge in [-0.1, -0.05) is 258 Å². The third-order valence-electron chi connectivity index (χ3n) is 11.9. The number of ether oxygens (including phenoxy) is 3. The maximum absolute atomic E-state index is 12.8. The van der Waals surface area contributed by atoms with Crippen LogP contribution in [-0.2, 0) is 28.6 Å². The molecule has 0 amide bonds. The first-order chi connectivity index (χ1) is 28.5. The molecule has 0 aromatic rings. The Morgan fingerprint density at radius 2 is 0.466 bits per heavy atom. The lowest BCUT2D eigenvalue weighted by Gasteiger charge is -2.18. The van der Waals surface area contributed by atoms with E-state index in [0.717, 1.165) is 57.8 Å².